The van der Waals surface area contributed by atoms with Gasteiger partial charge in [-0.25, -0.2) is 0 Å². The van der Waals surface area contributed by atoms with Crippen molar-refractivity contribution in [3.05, 3.63) is 29.8 Å². The van der Waals surface area contributed by atoms with Crippen molar-refractivity contribution in [1.29, 1.82) is 5.26 Å². The van der Waals surface area contributed by atoms with Gasteiger partial charge >= 0.3 is 0 Å². The van der Waals surface area contributed by atoms with Gasteiger partial charge in [-0.1, -0.05) is 12.1 Å². The minimum atomic E-state index is 0.276. The first-order valence-corrected chi connectivity index (χ1v) is 6.81. The zero-order chi connectivity index (χ0) is 13.5. The quantitative estimate of drug-likeness (QED) is 0.825. The number of hydrogen-bond donors (Lipinski definition) is 2. The summed E-state index contributed by atoms with van der Waals surface area (Å²) in [5.41, 5.74) is 1.93. The summed E-state index contributed by atoms with van der Waals surface area (Å²) in [5.74, 6) is 0. The van der Waals surface area contributed by atoms with Gasteiger partial charge in [0.1, 0.15) is 0 Å². The molecule has 1 aliphatic heterocycles. The summed E-state index contributed by atoms with van der Waals surface area (Å²) in [5, 5.41) is 15.5. The highest BCUT2D eigenvalue weighted by Gasteiger charge is 2.15. The van der Waals surface area contributed by atoms with Crippen LogP contribution in [0.25, 0.3) is 0 Å². The molecule has 1 aliphatic rings. The van der Waals surface area contributed by atoms with Crippen LogP contribution in [-0.4, -0.2) is 24.4 Å². The summed E-state index contributed by atoms with van der Waals surface area (Å²) in [7, 11) is 0. The van der Waals surface area contributed by atoms with E-state index in [4.69, 9.17) is 22.2 Å². The van der Waals surface area contributed by atoms with Crippen molar-refractivity contribution in [3.8, 4) is 6.07 Å². The number of benzene rings is 1. The molecule has 2 rings (SSSR count). The number of nitrogens with zero attached hydrogens (tertiary/aromatic N) is 1. The summed E-state index contributed by atoms with van der Waals surface area (Å²) in [6.45, 7) is 1.60. The molecule has 100 valence electrons. The fourth-order valence-electron chi connectivity index (χ4n) is 1.98. The molecule has 0 unspecified atom stereocenters. The van der Waals surface area contributed by atoms with Crippen LogP contribution in [0.5, 0.6) is 0 Å². The zero-order valence-electron chi connectivity index (χ0n) is 10.7. The third-order valence-corrected chi connectivity index (χ3v) is 3.26. The number of anilines is 1. The van der Waals surface area contributed by atoms with Gasteiger partial charge in [0.25, 0.3) is 0 Å². The molecule has 19 heavy (non-hydrogen) atoms. The summed E-state index contributed by atoms with van der Waals surface area (Å²) in [6.07, 6.45) is 2.94. The van der Waals surface area contributed by atoms with Gasteiger partial charge in [-0.3, -0.25) is 0 Å². The third-order valence-electron chi connectivity index (χ3n) is 3.01. The monoisotopic (exact) mass is 275 g/mol. The lowest BCUT2D eigenvalue weighted by Crippen LogP contribution is -2.34. The van der Waals surface area contributed by atoms with E-state index in [9.17, 15) is 0 Å². The molecule has 0 spiro atoms. The second-order valence-corrected chi connectivity index (χ2v) is 4.91. The van der Waals surface area contributed by atoms with Crippen LogP contribution in [0.2, 0.25) is 0 Å². The van der Waals surface area contributed by atoms with Gasteiger partial charge in [-0.05, 0) is 42.8 Å². The minimum Gasteiger partial charge on any atom is -0.376 e. The second kappa shape index (κ2) is 7.07. The van der Waals surface area contributed by atoms with Crippen LogP contribution in [0.3, 0.4) is 0 Å². The van der Waals surface area contributed by atoms with Crippen molar-refractivity contribution in [3.63, 3.8) is 0 Å². The first-order valence-electron chi connectivity index (χ1n) is 6.40. The number of hydrogen-bond acceptors (Lipinski definition) is 3. The predicted octanol–water partition coefficient (Wildman–Crippen LogP) is 2.22. The summed E-state index contributed by atoms with van der Waals surface area (Å²) in [4.78, 5) is 0. The van der Waals surface area contributed by atoms with Crippen LogP contribution >= 0.6 is 12.2 Å². The van der Waals surface area contributed by atoms with Gasteiger partial charge < -0.3 is 15.4 Å². The Balaban J connectivity index is 1.76. The molecule has 0 aliphatic carbocycles. The normalized spacial score (nSPS) is 17.7. The Hall–Kier alpha value is -1.64. The topological polar surface area (TPSA) is 57.1 Å². The lowest BCUT2D eigenvalue weighted by molar-refractivity contribution is 0.114. The Morgan fingerprint density at radius 2 is 2.21 bits per heavy atom. The molecule has 1 saturated heterocycles. The van der Waals surface area contributed by atoms with Gasteiger partial charge in [-0.15, -0.1) is 0 Å². The lowest BCUT2D eigenvalue weighted by Gasteiger charge is -2.14. The molecule has 0 amide bonds. The Kier molecular flexibility index (Phi) is 5.13. The molecule has 4 nitrogen and oxygen atoms in total. The average Bonchev–Trinajstić information content (AvgIpc) is 2.92. The molecular weight excluding hydrogens is 258 g/mol. The minimum absolute atomic E-state index is 0.276. The van der Waals surface area contributed by atoms with Crippen molar-refractivity contribution < 1.29 is 4.74 Å². The van der Waals surface area contributed by atoms with Crippen molar-refractivity contribution in [2.75, 3.05) is 18.5 Å². The molecule has 1 aromatic carbocycles. The van der Waals surface area contributed by atoms with E-state index in [0.717, 1.165) is 37.2 Å². The first kappa shape index (κ1) is 13.8. The Bertz CT molecular complexity index is 461. The van der Waals surface area contributed by atoms with E-state index in [1.54, 1.807) is 0 Å². The predicted molar refractivity (Wildman–Crippen MR) is 79.0 cm³/mol. The van der Waals surface area contributed by atoms with E-state index in [-0.39, 0.29) is 6.10 Å². The van der Waals surface area contributed by atoms with Crippen LogP contribution in [0.4, 0.5) is 5.69 Å². The molecule has 1 fully saturated rings. The SMILES string of the molecule is N#CCc1ccc(NC(=S)NC[C@H]2CCCO2)cc1. The van der Waals surface area contributed by atoms with E-state index >= 15 is 0 Å². The Morgan fingerprint density at radius 1 is 1.42 bits per heavy atom. The van der Waals surface area contributed by atoms with Gasteiger partial charge in [0, 0.05) is 18.8 Å². The van der Waals surface area contributed by atoms with Gasteiger partial charge in [0.2, 0.25) is 0 Å². The second-order valence-electron chi connectivity index (χ2n) is 4.50. The molecule has 1 heterocycles. The number of nitriles is 1. The van der Waals surface area contributed by atoms with E-state index in [2.05, 4.69) is 16.7 Å². The number of rotatable bonds is 4. The van der Waals surface area contributed by atoms with E-state index in [0.29, 0.717) is 11.5 Å². The number of thiocarbonyl (C=S) groups is 1. The molecular formula is C14H17N3OS. The maximum atomic E-state index is 8.60. The summed E-state index contributed by atoms with van der Waals surface area (Å²) in [6, 6.07) is 9.82. The lowest BCUT2D eigenvalue weighted by atomic mass is 10.1. The molecule has 0 saturated carbocycles. The van der Waals surface area contributed by atoms with Gasteiger partial charge in [0.15, 0.2) is 5.11 Å². The highest BCUT2D eigenvalue weighted by Crippen LogP contribution is 2.11. The Labute approximate surface area is 118 Å². The smallest absolute Gasteiger partial charge is 0.170 e. The third kappa shape index (κ3) is 4.51. The van der Waals surface area contributed by atoms with E-state index in [1.165, 1.54) is 0 Å². The molecule has 0 aromatic heterocycles. The summed E-state index contributed by atoms with van der Waals surface area (Å²) < 4.78 is 5.52. The Morgan fingerprint density at radius 3 is 2.84 bits per heavy atom. The standard InChI is InChI=1S/C14H17N3OS/c15-8-7-11-3-5-12(6-4-11)17-14(19)16-10-13-2-1-9-18-13/h3-6,13H,1-2,7,9-10H2,(H2,16,17,19)/t13-/m1/s1. The molecule has 0 radical (unpaired) electrons. The molecule has 2 N–H and O–H groups in total. The van der Waals surface area contributed by atoms with Crippen molar-refractivity contribution in [1.82, 2.24) is 5.32 Å². The zero-order valence-corrected chi connectivity index (χ0v) is 11.5. The fourth-order valence-corrected chi connectivity index (χ4v) is 2.19. The van der Waals surface area contributed by atoms with Crippen molar-refractivity contribution in [2.24, 2.45) is 0 Å². The maximum Gasteiger partial charge on any atom is 0.170 e. The van der Waals surface area contributed by atoms with Crippen LogP contribution in [-0.2, 0) is 11.2 Å². The van der Waals surface area contributed by atoms with Crippen LogP contribution in [0.15, 0.2) is 24.3 Å². The van der Waals surface area contributed by atoms with Gasteiger partial charge in [0.05, 0.1) is 18.6 Å². The fraction of sp³-hybridized carbons (Fsp3) is 0.429. The summed E-state index contributed by atoms with van der Waals surface area (Å²) >= 11 is 5.22. The molecule has 1 atom stereocenters. The first-order chi connectivity index (χ1) is 9.28. The van der Waals surface area contributed by atoms with Crippen LogP contribution in [0, 0.1) is 11.3 Å². The van der Waals surface area contributed by atoms with Crippen molar-refractivity contribution in [2.45, 2.75) is 25.4 Å². The molecule has 0 bridgehead atoms. The van der Waals surface area contributed by atoms with Gasteiger partial charge in [-0.2, -0.15) is 5.26 Å². The average molecular weight is 275 g/mol. The number of nitrogens with one attached hydrogen (secondary N) is 2. The van der Waals surface area contributed by atoms with Crippen LogP contribution in [0.1, 0.15) is 18.4 Å². The molecule has 5 heteroatoms. The highest BCUT2D eigenvalue weighted by molar-refractivity contribution is 7.80. The van der Waals surface area contributed by atoms with Crippen molar-refractivity contribution >= 4 is 23.0 Å². The highest BCUT2D eigenvalue weighted by atomic mass is 32.1. The largest absolute Gasteiger partial charge is 0.376 e. The van der Waals surface area contributed by atoms with E-state index in [1.807, 2.05) is 24.3 Å². The maximum absolute atomic E-state index is 8.60. The number of ether oxygens (including phenoxy) is 1. The molecule has 1 aromatic rings. The van der Waals surface area contributed by atoms with Crippen LogP contribution < -0.4 is 10.6 Å². The van der Waals surface area contributed by atoms with E-state index < -0.39 is 0 Å².